The van der Waals surface area contributed by atoms with Gasteiger partial charge in [0.05, 0.1) is 0 Å². The first-order chi connectivity index (χ1) is 7.63. The normalized spacial score (nSPS) is 21.6. The number of hydrogen-bond donors (Lipinski definition) is 1. The van der Waals surface area contributed by atoms with Gasteiger partial charge in [0.15, 0.2) is 0 Å². The molecular formula is C14H30N2. The maximum atomic E-state index is 6.05. The molecule has 16 heavy (non-hydrogen) atoms. The maximum Gasteiger partial charge on any atom is 0.00509 e. The first kappa shape index (κ1) is 14.0. The molecule has 0 aromatic rings. The zero-order valence-corrected chi connectivity index (χ0v) is 11.4. The van der Waals surface area contributed by atoms with Crippen molar-refractivity contribution in [1.82, 2.24) is 4.90 Å². The summed E-state index contributed by atoms with van der Waals surface area (Å²) in [5.74, 6) is 1.82. The van der Waals surface area contributed by atoms with Gasteiger partial charge in [-0.05, 0) is 57.2 Å². The van der Waals surface area contributed by atoms with Gasteiger partial charge < -0.3 is 10.6 Å². The molecule has 1 heterocycles. The van der Waals surface area contributed by atoms with Gasteiger partial charge >= 0.3 is 0 Å². The Balaban J connectivity index is 2.12. The molecular weight excluding hydrogens is 196 g/mol. The van der Waals surface area contributed by atoms with Crippen LogP contribution in [0.1, 0.15) is 52.9 Å². The van der Waals surface area contributed by atoms with Crippen LogP contribution in [0.15, 0.2) is 0 Å². The topological polar surface area (TPSA) is 29.3 Å². The van der Waals surface area contributed by atoms with E-state index in [0.29, 0.717) is 6.04 Å². The second-order valence-corrected chi connectivity index (χ2v) is 5.76. The van der Waals surface area contributed by atoms with E-state index in [0.717, 1.165) is 11.8 Å². The lowest BCUT2D eigenvalue weighted by Gasteiger charge is -2.34. The highest BCUT2D eigenvalue weighted by atomic mass is 15.1. The van der Waals surface area contributed by atoms with Crippen LogP contribution in [0.4, 0.5) is 0 Å². The summed E-state index contributed by atoms with van der Waals surface area (Å²) in [5.41, 5.74) is 6.05. The van der Waals surface area contributed by atoms with Crippen LogP contribution in [0.5, 0.6) is 0 Å². The van der Waals surface area contributed by atoms with Crippen molar-refractivity contribution in [1.29, 1.82) is 0 Å². The SMILES string of the molecule is CCCC(N)CCN1CCC(C(C)C)CC1. The standard InChI is InChI=1S/C14H30N2/c1-4-5-14(15)8-11-16-9-6-13(7-10-16)12(2)3/h12-14H,4-11,15H2,1-3H3. The second kappa shape index (κ2) is 7.29. The van der Waals surface area contributed by atoms with E-state index in [1.54, 1.807) is 0 Å². The third-order valence-corrected chi connectivity index (χ3v) is 4.05. The van der Waals surface area contributed by atoms with E-state index in [9.17, 15) is 0 Å². The van der Waals surface area contributed by atoms with Crippen molar-refractivity contribution in [3.05, 3.63) is 0 Å². The summed E-state index contributed by atoms with van der Waals surface area (Å²) in [4.78, 5) is 2.61. The van der Waals surface area contributed by atoms with Crippen LogP contribution >= 0.6 is 0 Å². The van der Waals surface area contributed by atoms with Crippen molar-refractivity contribution in [3.8, 4) is 0 Å². The average Bonchev–Trinajstić information content (AvgIpc) is 2.27. The van der Waals surface area contributed by atoms with Gasteiger partial charge in [-0.2, -0.15) is 0 Å². The van der Waals surface area contributed by atoms with Gasteiger partial charge in [-0.15, -0.1) is 0 Å². The molecule has 1 saturated heterocycles. The summed E-state index contributed by atoms with van der Waals surface area (Å²) in [5, 5.41) is 0. The largest absolute Gasteiger partial charge is 0.328 e. The molecule has 1 fully saturated rings. The Kier molecular flexibility index (Phi) is 6.37. The molecule has 0 aromatic heterocycles. The number of rotatable bonds is 6. The molecule has 0 spiro atoms. The highest BCUT2D eigenvalue weighted by Gasteiger charge is 2.21. The molecule has 0 bridgehead atoms. The molecule has 0 saturated carbocycles. The van der Waals surface area contributed by atoms with E-state index in [2.05, 4.69) is 25.7 Å². The van der Waals surface area contributed by atoms with Crippen LogP contribution in [0, 0.1) is 11.8 Å². The summed E-state index contributed by atoms with van der Waals surface area (Å²) >= 11 is 0. The molecule has 0 aromatic carbocycles. The summed E-state index contributed by atoms with van der Waals surface area (Å²) < 4.78 is 0. The average molecular weight is 226 g/mol. The fourth-order valence-corrected chi connectivity index (χ4v) is 2.71. The number of piperidine rings is 1. The Hall–Kier alpha value is -0.0800. The van der Waals surface area contributed by atoms with Gasteiger partial charge in [0.1, 0.15) is 0 Å². The molecule has 2 heteroatoms. The molecule has 1 aliphatic rings. The van der Waals surface area contributed by atoms with Crippen LogP contribution in [0.2, 0.25) is 0 Å². The van der Waals surface area contributed by atoms with Crippen LogP contribution in [-0.4, -0.2) is 30.6 Å². The molecule has 0 amide bonds. The molecule has 0 radical (unpaired) electrons. The van der Waals surface area contributed by atoms with E-state index in [1.807, 2.05) is 0 Å². The minimum atomic E-state index is 0.424. The van der Waals surface area contributed by atoms with Gasteiger partial charge in [-0.25, -0.2) is 0 Å². The first-order valence-electron chi connectivity index (χ1n) is 7.11. The Morgan fingerprint density at radius 3 is 2.31 bits per heavy atom. The molecule has 2 N–H and O–H groups in total. The molecule has 1 aliphatic heterocycles. The molecule has 96 valence electrons. The molecule has 0 aliphatic carbocycles. The third-order valence-electron chi connectivity index (χ3n) is 4.05. The Morgan fingerprint density at radius 1 is 1.19 bits per heavy atom. The molecule has 1 rings (SSSR count). The van der Waals surface area contributed by atoms with E-state index in [-0.39, 0.29) is 0 Å². The lowest BCUT2D eigenvalue weighted by molar-refractivity contribution is 0.154. The van der Waals surface area contributed by atoms with Crippen molar-refractivity contribution < 1.29 is 0 Å². The predicted octanol–water partition coefficient (Wildman–Crippen LogP) is 2.87. The van der Waals surface area contributed by atoms with Gasteiger partial charge in [0.2, 0.25) is 0 Å². The van der Waals surface area contributed by atoms with Crippen LogP contribution in [-0.2, 0) is 0 Å². The van der Waals surface area contributed by atoms with Crippen molar-refractivity contribution in [2.24, 2.45) is 17.6 Å². The van der Waals surface area contributed by atoms with Gasteiger partial charge in [-0.3, -0.25) is 0 Å². The van der Waals surface area contributed by atoms with Crippen LogP contribution in [0.3, 0.4) is 0 Å². The lowest BCUT2D eigenvalue weighted by atomic mass is 9.86. The predicted molar refractivity (Wildman–Crippen MR) is 71.5 cm³/mol. The van der Waals surface area contributed by atoms with Crippen molar-refractivity contribution in [3.63, 3.8) is 0 Å². The number of nitrogens with zero attached hydrogens (tertiary/aromatic N) is 1. The van der Waals surface area contributed by atoms with Crippen LogP contribution < -0.4 is 5.73 Å². The Labute approximate surface area is 102 Å². The third kappa shape index (κ3) is 4.84. The summed E-state index contributed by atoms with van der Waals surface area (Å²) in [6.07, 6.45) is 6.36. The van der Waals surface area contributed by atoms with E-state index >= 15 is 0 Å². The summed E-state index contributed by atoms with van der Waals surface area (Å²) in [6.45, 7) is 10.7. The molecule has 1 atom stereocenters. The quantitative estimate of drug-likeness (QED) is 0.754. The minimum Gasteiger partial charge on any atom is -0.328 e. The minimum absolute atomic E-state index is 0.424. The Bertz CT molecular complexity index is 172. The van der Waals surface area contributed by atoms with E-state index < -0.39 is 0 Å². The van der Waals surface area contributed by atoms with E-state index in [1.165, 1.54) is 51.7 Å². The zero-order chi connectivity index (χ0) is 12.0. The van der Waals surface area contributed by atoms with Crippen molar-refractivity contribution in [2.75, 3.05) is 19.6 Å². The Morgan fingerprint density at radius 2 is 1.81 bits per heavy atom. The number of nitrogens with two attached hydrogens (primary N) is 1. The van der Waals surface area contributed by atoms with Crippen LogP contribution in [0.25, 0.3) is 0 Å². The summed E-state index contributed by atoms with van der Waals surface area (Å²) in [6, 6.07) is 0.424. The molecule has 1 unspecified atom stereocenters. The van der Waals surface area contributed by atoms with Gasteiger partial charge in [0.25, 0.3) is 0 Å². The van der Waals surface area contributed by atoms with Gasteiger partial charge in [0, 0.05) is 6.04 Å². The smallest absolute Gasteiger partial charge is 0.00509 e. The fraction of sp³-hybridized carbons (Fsp3) is 1.00. The number of likely N-dealkylation sites (tertiary alicyclic amines) is 1. The lowest BCUT2D eigenvalue weighted by Crippen LogP contribution is -2.37. The van der Waals surface area contributed by atoms with E-state index in [4.69, 9.17) is 5.73 Å². The zero-order valence-electron chi connectivity index (χ0n) is 11.4. The van der Waals surface area contributed by atoms with Crippen molar-refractivity contribution in [2.45, 2.75) is 58.9 Å². The fourth-order valence-electron chi connectivity index (χ4n) is 2.71. The molecule has 2 nitrogen and oxygen atoms in total. The second-order valence-electron chi connectivity index (χ2n) is 5.76. The highest BCUT2D eigenvalue weighted by Crippen LogP contribution is 2.24. The summed E-state index contributed by atoms with van der Waals surface area (Å²) in [7, 11) is 0. The highest BCUT2D eigenvalue weighted by molar-refractivity contribution is 4.75. The maximum absolute atomic E-state index is 6.05. The number of hydrogen-bond acceptors (Lipinski definition) is 2. The first-order valence-corrected chi connectivity index (χ1v) is 7.11. The monoisotopic (exact) mass is 226 g/mol. The van der Waals surface area contributed by atoms with Crippen molar-refractivity contribution >= 4 is 0 Å². The van der Waals surface area contributed by atoms with Gasteiger partial charge in [-0.1, -0.05) is 27.2 Å².